The topological polar surface area (TPSA) is 142 Å². The molecule has 0 aliphatic rings. The molecule has 0 atom stereocenters. The van der Waals surface area contributed by atoms with Crippen LogP contribution >= 0.6 is 15.9 Å². The minimum atomic E-state index is -4.16. The predicted octanol–water partition coefficient (Wildman–Crippen LogP) is 4.60. The number of nitrogens with zero attached hydrogens (tertiary/aromatic N) is 1. The zero-order valence-corrected chi connectivity index (χ0v) is 20.7. The highest BCUT2D eigenvalue weighted by Gasteiger charge is 2.24. The molecule has 3 rings (SSSR count). The number of carbonyl (C=O) groups is 2. The molecule has 12 heteroatoms. The summed E-state index contributed by atoms with van der Waals surface area (Å²) in [5, 5.41) is 10.7. The molecule has 1 N–H and O–H groups in total. The normalized spacial score (nSPS) is 10.9. The maximum Gasteiger partial charge on any atom is 0.340 e. The summed E-state index contributed by atoms with van der Waals surface area (Å²) in [5.74, 6) is -1.38. The van der Waals surface area contributed by atoms with E-state index in [0.717, 1.165) is 12.1 Å². The number of ether oxygens (including phenoxy) is 2. The van der Waals surface area contributed by atoms with E-state index in [1.165, 1.54) is 48.5 Å². The van der Waals surface area contributed by atoms with E-state index in [9.17, 15) is 28.1 Å². The second-order valence-electron chi connectivity index (χ2n) is 6.98. The predicted molar refractivity (Wildman–Crippen MR) is 130 cm³/mol. The number of benzene rings is 3. The van der Waals surface area contributed by atoms with E-state index in [1.54, 1.807) is 13.0 Å². The first-order valence-corrected chi connectivity index (χ1v) is 12.4. The van der Waals surface area contributed by atoms with Crippen molar-refractivity contribution in [2.75, 3.05) is 17.9 Å². The highest BCUT2D eigenvalue weighted by atomic mass is 79.9. The number of halogens is 1. The quantitative estimate of drug-likeness (QED) is 0.163. The van der Waals surface area contributed by atoms with Gasteiger partial charge in [-0.15, -0.1) is 0 Å². The number of hydrogen-bond donors (Lipinski definition) is 1. The van der Waals surface area contributed by atoms with Crippen molar-refractivity contribution in [3.05, 3.63) is 92.4 Å². The van der Waals surface area contributed by atoms with E-state index >= 15 is 0 Å². The molecule has 0 aliphatic heterocycles. The van der Waals surface area contributed by atoms with E-state index in [2.05, 4.69) is 20.7 Å². The Balaban J connectivity index is 1.78. The first-order chi connectivity index (χ1) is 16.6. The Bertz CT molecular complexity index is 1370. The second-order valence-corrected chi connectivity index (χ2v) is 9.54. The van der Waals surface area contributed by atoms with E-state index in [-0.39, 0.29) is 39.8 Å². The molecule has 35 heavy (non-hydrogen) atoms. The largest absolute Gasteiger partial charge is 0.492 e. The first-order valence-electron chi connectivity index (χ1n) is 10.1. The molecule has 0 aromatic heterocycles. The van der Waals surface area contributed by atoms with E-state index in [0.29, 0.717) is 4.47 Å². The van der Waals surface area contributed by atoms with Crippen LogP contribution in [0.25, 0.3) is 0 Å². The summed E-state index contributed by atoms with van der Waals surface area (Å²) in [7, 11) is -4.16. The molecule has 0 bridgehead atoms. The van der Waals surface area contributed by atoms with Gasteiger partial charge in [0.2, 0.25) is 0 Å². The second kappa shape index (κ2) is 11.1. The molecular weight excluding hydrogens is 544 g/mol. The number of nitrogens with one attached hydrogen (secondary N) is 1. The Hall–Kier alpha value is -3.77. The van der Waals surface area contributed by atoms with Gasteiger partial charge < -0.3 is 9.47 Å². The lowest BCUT2D eigenvalue weighted by molar-refractivity contribution is -0.384. The number of esters is 1. The van der Waals surface area contributed by atoms with Gasteiger partial charge in [-0.05, 0) is 49.4 Å². The van der Waals surface area contributed by atoms with Crippen molar-refractivity contribution >= 4 is 49.1 Å². The third-order valence-corrected chi connectivity index (χ3v) is 6.50. The molecule has 0 spiro atoms. The Morgan fingerprint density at radius 1 is 1.06 bits per heavy atom. The lowest BCUT2D eigenvalue weighted by atomic mass is 10.1. The molecular formula is C23H19BrN2O8S. The fraction of sp³-hybridized carbons (Fsp3) is 0.130. The monoisotopic (exact) mass is 562 g/mol. The average molecular weight is 563 g/mol. The van der Waals surface area contributed by atoms with Crippen molar-refractivity contribution in [3.8, 4) is 5.75 Å². The van der Waals surface area contributed by atoms with Crippen LogP contribution in [-0.4, -0.2) is 38.3 Å². The van der Waals surface area contributed by atoms with Crippen LogP contribution in [0.3, 0.4) is 0 Å². The molecule has 0 aliphatic carbocycles. The number of carbonyl (C=O) groups excluding carboxylic acids is 2. The third kappa shape index (κ3) is 6.43. The van der Waals surface area contributed by atoms with Crippen molar-refractivity contribution in [2.45, 2.75) is 11.8 Å². The molecule has 10 nitrogen and oxygen atoms in total. The first kappa shape index (κ1) is 25.8. The van der Waals surface area contributed by atoms with Gasteiger partial charge in [0.15, 0.2) is 12.4 Å². The Labute approximate surface area is 209 Å². The van der Waals surface area contributed by atoms with Gasteiger partial charge in [0, 0.05) is 22.2 Å². The SMILES string of the molecule is CCOc1ccc(Br)cc1S(=O)(=O)Nc1ccccc1C(=O)OCC(=O)c1ccc([N+](=O)[O-])cc1. The number of Topliss-reactive ketones (excluding diaryl/α,β-unsaturated/α-hetero) is 1. The number of sulfonamides is 1. The number of hydrogen-bond acceptors (Lipinski definition) is 8. The summed E-state index contributed by atoms with van der Waals surface area (Å²) >= 11 is 3.24. The van der Waals surface area contributed by atoms with Gasteiger partial charge in [-0.2, -0.15) is 0 Å². The summed E-state index contributed by atoms with van der Waals surface area (Å²) in [5.41, 5.74) is -0.226. The van der Waals surface area contributed by atoms with Crippen LogP contribution < -0.4 is 9.46 Å². The molecule has 3 aromatic rings. The van der Waals surface area contributed by atoms with Gasteiger partial charge in [0.25, 0.3) is 15.7 Å². The number of nitro benzene ring substituents is 1. The van der Waals surface area contributed by atoms with Crippen LogP contribution in [-0.2, 0) is 14.8 Å². The number of anilines is 1. The Morgan fingerprint density at radius 3 is 2.40 bits per heavy atom. The highest BCUT2D eigenvalue weighted by Crippen LogP contribution is 2.30. The fourth-order valence-electron chi connectivity index (χ4n) is 2.98. The molecule has 0 unspecified atom stereocenters. The number of non-ortho nitro benzene ring substituents is 1. The molecule has 0 fully saturated rings. The van der Waals surface area contributed by atoms with Crippen LogP contribution in [0.15, 0.2) is 76.1 Å². The van der Waals surface area contributed by atoms with E-state index in [4.69, 9.17) is 9.47 Å². The fourth-order valence-corrected chi connectivity index (χ4v) is 4.74. The van der Waals surface area contributed by atoms with E-state index in [1.807, 2.05) is 0 Å². The van der Waals surface area contributed by atoms with Crippen LogP contribution in [0.5, 0.6) is 5.75 Å². The molecule has 0 saturated heterocycles. The summed E-state index contributed by atoms with van der Waals surface area (Å²) in [6.07, 6.45) is 0. The van der Waals surface area contributed by atoms with Crippen LogP contribution in [0.4, 0.5) is 11.4 Å². The standard InChI is InChI=1S/C23H19BrN2O8S/c1-2-33-21-12-9-16(24)13-22(21)35(31,32)25-19-6-4-3-5-18(19)23(28)34-14-20(27)15-7-10-17(11-8-15)26(29)30/h3-13,25H,2,14H2,1H3. The highest BCUT2D eigenvalue weighted by molar-refractivity contribution is 9.10. The van der Waals surface area contributed by atoms with Gasteiger partial charge in [-0.3, -0.25) is 19.6 Å². The number of para-hydroxylation sites is 1. The summed E-state index contributed by atoms with van der Waals surface area (Å²) in [4.78, 5) is 35.0. The van der Waals surface area contributed by atoms with Gasteiger partial charge in [-0.1, -0.05) is 28.1 Å². The average Bonchev–Trinajstić information content (AvgIpc) is 2.83. The molecule has 182 valence electrons. The maximum atomic E-state index is 13.1. The maximum absolute atomic E-state index is 13.1. The van der Waals surface area contributed by atoms with Gasteiger partial charge in [0.1, 0.15) is 10.6 Å². The molecule has 0 saturated carbocycles. The van der Waals surface area contributed by atoms with Crippen molar-refractivity contribution in [3.63, 3.8) is 0 Å². The van der Waals surface area contributed by atoms with Gasteiger partial charge >= 0.3 is 5.97 Å². The van der Waals surface area contributed by atoms with Crippen molar-refractivity contribution in [1.29, 1.82) is 0 Å². The Kier molecular flexibility index (Phi) is 8.20. The molecule has 0 heterocycles. The molecule has 3 aromatic carbocycles. The summed E-state index contributed by atoms with van der Waals surface area (Å²) in [6, 6.07) is 15.1. The minimum absolute atomic E-state index is 0.0530. The molecule has 0 amide bonds. The zero-order chi connectivity index (χ0) is 25.6. The summed E-state index contributed by atoms with van der Waals surface area (Å²) < 4.78 is 39.5. The van der Waals surface area contributed by atoms with Crippen LogP contribution in [0, 0.1) is 10.1 Å². The van der Waals surface area contributed by atoms with Gasteiger partial charge in [0.05, 0.1) is 22.8 Å². The van der Waals surface area contributed by atoms with Crippen LogP contribution in [0.1, 0.15) is 27.6 Å². The van der Waals surface area contributed by atoms with Crippen molar-refractivity contribution in [1.82, 2.24) is 0 Å². The number of nitro groups is 1. The smallest absolute Gasteiger partial charge is 0.340 e. The lowest BCUT2D eigenvalue weighted by Gasteiger charge is -2.15. The molecule has 0 radical (unpaired) electrons. The van der Waals surface area contributed by atoms with Crippen molar-refractivity contribution < 1.29 is 32.4 Å². The lowest BCUT2D eigenvalue weighted by Crippen LogP contribution is -2.19. The number of ketones is 1. The third-order valence-electron chi connectivity index (χ3n) is 4.62. The van der Waals surface area contributed by atoms with Gasteiger partial charge in [-0.25, -0.2) is 13.2 Å². The number of rotatable bonds is 10. The van der Waals surface area contributed by atoms with Crippen LogP contribution in [0.2, 0.25) is 0 Å². The zero-order valence-electron chi connectivity index (χ0n) is 18.3. The van der Waals surface area contributed by atoms with Crippen molar-refractivity contribution in [2.24, 2.45) is 0 Å². The minimum Gasteiger partial charge on any atom is -0.492 e. The Morgan fingerprint density at radius 2 is 1.74 bits per heavy atom. The van der Waals surface area contributed by atoms with E-state index < -0.39 is 33.3 Å². The summed E-state index contributed by atoms with van der Waals surface area (Å²) in [6.45, 7) is 1.32.